The van der Waals surface area contributed by atoms with Crippen LogP contribution in [-0.4, -0.2) is 25.2 Å². The Bertz CT molecular complexity index is 872. The fourth-order valence-corrected chi connectivity index (χ4v) is 6.10. The Hall–Kier alpha value is -1.70. The van der Waals surface area contributed by atoms with Gasteiger partial charge < -0.3 is 5.32 Å². The maximum atomic E-state index is 13.3. The standard InChI is InChI=1S/C19H24N2O3S2/c1-14-7-12-19(25-14)18-6-4-3-5-13-21(18)26(23,24)17-10-8-16(9-11-17)20-15(2)22/h7-12,18H,3-6,13H2,1-2H3,(H,20,22)/t18-/m1/s1. The fraction of sp³-hybridized carbons (Fsp3) is 0.421. The normalized spacial score (nSPS) is 19.1. The van der Waals surface area contributed by atoms with Gasteiger partial charge in [0.1, 0.15) is 0 Å². The van der Waals surface area contributed by atoms with E-state index in [2.05, 4.69) is 17.4 Å². The first-order chi connectivity index (χ1) is 12.4. The molecule has 140 valence electrons. The lowest BCUT2D eigenvalue weighted by atomic mass is 10.1. The lowest BCUT2D eigenvalue weighted by molar-refractivity contribution is -0.114. The van der Waals surface area contributed by atoms with Crippen molar-refractivity contribution in [3.63, 3.8) is 0 Å². The molecule has 0 aliphatic carbocycles. The molecule has 1 aromatic carbocycles. The van der Waals surface area contributed by atoms with Gasteiger partial charge >= 0.3 is 0 Å². The maximum Gasteiger partial charge on any atom is 0.243 e. The number of hydrogen-bond acceptors (Lipinski definition) is 4. The Kier molecular flexibility index (Phi) is 5.79. The molecule has 0 radical (unpaired) electrons. The van der Waals surface area contributed by atoms with E-state index in [0.29, 0.717) is 12.2 Å². The van der Waals surface area contributed by atoms with Crippen molar-refractivity contribution in [3.05, 3.63) is 46.2 Å². The summed E-state index contributed by atoms with van der Waals surface area (Å²) in [7, 11) is -3.59. The highest BCUT2D eigenvalue weighted by atomic mass is 32.2. The molecule has 0 bridgehead atoms. The predicted molar refractivity (Wildman–Crippen MR) is 105 cm³/mol. The third kappa shape index (κ3) is 4.16. The summed E-state index contributed by atoms with van der Waals surface area (Å²) in [5.74, 6) is -0.179. The molecule has 1 fully saturated rings. The summed E-state index contributed by atoms with van der Waals surface area (Å²) in [4.78, 5) is 13.7. The Balaban J connectivity index is 1.92. The van der Waals surface area contributed by atoms with Crippen molar-refractivity contribution in [1.29, 1.82) is 0 Å². The first kappa shape index (κ1) is 19.1. The second-order valence-corrected chi connectivity index (χ2v) is 9.84. The Labute approximate surface area is 159 Å². The van der Waals surface area contributed by atoms with Crippen LogP contribution in [-0.2, 0) is 14.8 Å². The molecule has 3 rings (SSSR count). The van der Waals surface area contributed by atoms with Crippen LogP contribution in [0.3, 0.4) is 0 Å². The lowest BCUT2D eigenvalue weighted by Gasteiger charge is -2.28. The van der Waals surface area contributed by atoms with Crippen LogP contribution in [0.1, 0.15) is 48.4 Å². The van der Waals surface area contributed by atoms with Gasteiger partial charge in [-0.2, -0.15) is 4.31 Å². The molecule has 2 heterocycles. The largest absolute Gasteiger partial charge is 0.326 e. The van der Waals surface area contributed by atoms with Gasteiger partial charge in [-0.1, -0.05) is 12.8 Å². The monoisotopic (exact) mass is 392 g/mol. The van der Waals surface area contributed by atoms with Crippen LogP contribution < -0.4 is 5.32 Å². The third-order valence-electron chi connectivity index (χ3n) is 4.57. The predicted octanol–water partition coefficient (Wildman–Crippen LogP) is 4.32. The number of rotatable bonds is 4. The summed E-state index contributed by atoms with van der Waals surface area (Å²) in [5, 5.41) is 2.66. The van der Waals surface area contributed by atoms with Crippen molar-refractivity contribution in [2.24, 2.45) is 0 Å². The van der Waals surface area contributed by atoms with E-state index in [-0.39, 0.29) is 16.8 Å². The number of benzene rings is 1. The molecular formula is C19H24N2O3S2. The SMILES string of the molecule is CC(=O)Nc1ccc(S(=O)(=O)N2CCCCC[C@@H]2c2ccc(C)s2)cc1. The average Bonchev–Trinajstić information content (AvgIpc) is 2.87. The lowest BCUT2D eigenvalue weighted by Crippen LogP contribution is -2.34. The number of amides is 1. The molecular weight excluding hydrogens is 368 g/mol. The van der Waals surface area contributed by atoms with E-state index in [1.165, 1.54) is 11.8 Å². The minimum absolute atomic E-state index is 0.101. The number of carbonyl (C=O) groups is 1. The number of carbonyl (C=O) groups excluding carboxylic acids is 1. The Morgan fingerprint density at radius 3 is 2.46 bits per heavy atom. The van der Waals surface area contributed by atoms with Crippen LogP contribution >= 0.6 is 11.3 Å². The van der Waals surface area contributed by atoms with Crippen molar-refractivity contribution in [2.45, 2.75) is 50.5 Å². The summed E-state index contributed by atoms with van der Waals surface area (Å²) in [5.41, 5.74) is 0.595. The van der Waals surface area contributed by atoms with Crippen molar-refractivity contribution < 1.29 is 13.2 Å². The first-order valence-corrected chi connectivity index (χ1v) is 11.1. The fourth-order valence-electron chi connectivity index (χ4n) is 3.34. The Morgan fingerprint density at radius 2 is 1.85 bits per heavy atom. The molecule has 0 unspecified atom stereocenters. The van der Waals surface area contributed by atoms with Crippen LogP contribution in [0.4, 0.5) is 5.69 Å². The molecule has 26 heavy (non-hydrogen) atoms. The quantitative estimate of drug-likeness (QED) is 0.842. The van der Waals surface area contributed by atoms with Gasteiger partial charge in [-0.3, -0.25) is 4.79 Å². The highest BCUT2D eigenvalue weighted by Gasteiger charge is 2.34. The highest BCUT2D eigenvalue weighted by molar-refractivity contribution is 7.89. The maximum absolute atomic E-state index is 13.3. The van der Waals surface area contributed by atoms with Gasteiger partial charge in [-0.25, -0.2) is 8.42 Å². The van der Waals surface area contributed by atoms with Gasteiger partial charge in [0.15, 0.2) is 0 Å². The topological polar surface area (TPSA) is 66.5 Å². The number of aryl methyl sites for hydroxylation is 1. The van der Waals surface area contributed by atoms with Crippen molar-refractivity contribution >= 4 is 33.0 Å². The molecule has 1 saturated heterocycles. The summed E-state index contributed by atoms with van der Waals surface area (Å²) in [6.45, 7) is 4.01. The van der Waals surface area contributed by atoms with E-state index < -0.39 is 10.0 Å². The van der Waals surface area contributed by atoms with Crippen LogP contribution in [0.5, 0.6) is 0 Å². The summed E-state index contributed by atoms with van der Waals surface area (Å²) >= 11 is 1.67. The molecule has 1 aliphatic rings. The molecule has 2 aromatic rings. The van der Waals surface area contributed by atoms with E-state index >= 15 is 0 Å². The van der Waals surface area contributed by atoms with E-state index in [1.807, 2.05) is 6.92 Å². The molecule has 7 heteroatoms. The second-order valence-electron chi connectivity index (χ2n) is 6.63. The molecule has 0 saturated carbocycles. The van der Waals surface area contributed by atoms with E-state index in [9.17, 15) is 13.2 Å². The van der Waals surface area contributed by atoms with Gasteiger partial charge in [0, 0.05) is 28.9 Å². The summed E-state index contributed by atoms with van der Waals surface area (Å²) < 4.78 is 28.3. The van der Waals surface area contributed by atoms with Crippen LogP contribution in [0, 0.1) is 6.92 Å². The number of hydrogen-bond donors (Lipinski definition) is 1. The first-order valence-electron chi connectivity index (χ1n) is 8.84. The molecule has 1 aromatic heterocycles. The zero-order chi connectivity index (χ0) is 18.7. The third-order valence-corrected chi connectivity index (χ3v) is 7.60. The number of anilines is 1. The zero-order valence-electron chi connectivity index (χ0n) is 15.1. The van der Waals surface area contributed by atoms with Crippen molar-refractivity contribution in [2.75, 3.05) is 11.9 Å². The smallest absolute Gasteiger partial charge is 0.243 e. The molecule has 1 N–H and O–H groups in total. The van der Waals surface area contributed by atoms with Gasteiger partial charge in [-0.05, 0) is 56.2 Å². The van der Waals surface area contributed by atoms with Gasteiger partial charge in [0.25, 0.3) is 0 Å². The number of sulfonamides is 1. The van der Waals surface area contributed by atoms with E-state index in [0.717, 1.165) is 30.6 Å². The van der Waals surface area contributed by atoms with Crippen molar-refractivity contribution in [3.8, 4) is 0 Å². The van der Waals surface area contributed by atoms with Crippen LogP contribution in [0.25, 0.3) is 0 Å². The van der Waals surface area contributed by atoms with Gasteiger partial charge in [0.05, 0.1) is 10.9 Å². The zero-order valence-corrected chi connectivity index (χ0v) is 16.7. The van der Waals surface area contributed by atoms with Gasteiger partial charge in [-0.15, -0.1) is 11.3 Å². The molecule has 0 spiro atoms. The number of thiophene rings is 1. The second kappa shape index (κ2) is 7.90. The van der Waals surface area contributed by atoms with Crippen molar-refractivity contribution in [1.82, 2.24) is 4.31 Å². The number of nitrogens with one attached hydrogen (secondary N) is 1. The molecule has 1 aliphatic heterocycles. The minimum atomic E-state index is -3.59. The Morgan fingerprint density at radius 1 is 1.12 bits per heavy atom. The van der Waals surface area contributed by atoms with Crippen LogP contribution in [0.2, 0.25) is 0 Å². The number of nitrogens with zero attached hydrogens (tertiary/aromatic N) is 1. The highest BCUT2D eigenvalue weighted by Crippen LogP contribution is 2.37. The summed E-state index contributed by atoms with van der Waals surface area (Å²) in [6.07, 6.45) is 3.82. The van der Waals surface area contributed by atoms with Crippen LogP contribution in [0.15, 0.2) is 41.3 Å². The molecule has 1 atom stereocenters. The van der Waals surface area contributed by atoms with E-state index in [1.54, 1.807) is 39.9 Å². The summed E-state index contributed by atoms with van der Waals surface area (Å²) in [6, 6.07) is 10.4. The molecule has 5 nitrogen and oxygen atoms in total. The van der Waals surface area contributed by atoms with E-state index in [4.69, 9.17) is 0 Å². The van der Waals surface area contributed by atoms with Gasteiger partial charge in [0.2, 0.25) is 15.9 Å². The minimum Gasteiger partial charge on any atom is -0.326 e. The molecule has 1 amide bonds. The average molecular weight is 393 g/mol.